The van der Waals surface area contributed by atoms with E-state index in [2.05, 4.69) is 27.7 Å². The molecule has 2 fully saturated rings. The van der Waals surface area contributed by atoms with Gasteiger partial charge in [0.05, 0.1) is 13.2 Å². The highest BCUT2D eigenvalue weighted by molar-refractivity contribution is 6.00. The van der Waals surface area contributed by atoms with E-state index in [1.165, 1.54) is 83.5 Å². The van der Waals surface area contributed by atoms with E-state index in [4.69, 9.17) is 9.47 Å². The highest BCUT2D eigenvalue weighted by Gasteiger charge is 2.58. The molecule has 0 bridgehead atoms. The summed E-state index contributed by atoms with van der Waals surface area (Å²) in [5, 5.41) is 0. The molecule has 0 spiro atoms. The van der Waals surface area contributed by atoms with Crippen LogP contribution in [-0.2, 0) is 19.1 Å². The van der Waals surface area contributed by atoms with E-state index in [1.54, 1.807) is 0 Å². The van der Waals surface area contributed by atoms with Gasteiger partial charge < -0.3 is 9.47 Å². The molecule has 234 valence electrons. The molecule has 2 aliphatic carbocycles. The number of fused-ring (bicyclic) bond motifs is 1. The quantitative estimate of drug-likeness (QED) is 0.0748. The Bertz CT molecular complexity index is 628. The molecular formula is C36H66O4. The van der Waals surface area contributed by atoms with Gasteiger partial charge in [-0.1, -0.05) is 150 Å². The van der Waals surface area contributed by atoms with Crippen LogP contribution < -0.4 is 0 Å². The van der Waals surface area contributed by atoms with Crippen LogP contribution in [0.3, 0.4) is 0 Å². The van der Waals surface area contributed by atoms with Gasteiger partial charge in [-0.2, -0.15) is 0 Å². The molecular weight excluding hydrogens is 496 g/mol. The molecule has 0 radical (unpaired) electrons. The summed E-state index contributed by atoms with van der Waals surface area (Å²) in [6.07, 6.45) is 26.7. The number of rotatable bonds is 22. The predicted molar refractivity (Wildman–Crippen MR) is 167 cm³/mol. The first-order chi connectivity index (χ1) is 19.4. The van der Waals surface area contributed by atoms with Crippen LogP contribution in [0, 0.1) is 29.1 Å². The minimum absolute atomic E-state index is 0.103. The Hall–Kier alpha value is -1.06. The molecule has 40 heavy (non-hydrogen) atoms. The Kier molecular flexibility index (Phi) is 18.2. The van der Waals surface area contributed by atoms with E-state index < -0.39 is 5.41 Å². The number of carbonyl (C=O) groups is 2. The second kappa shape index (κ2) is 20.8. The lowest BCUT2D eigenvalue weighted by atomic mass is 9.57. The van der Waals surface area contributed by atoms with Crippen molar-refractivity contribution in [3.05, 3.63) is 0 Å². The van der Waals surface area contributed by atoms with Gasteiger partial charge in [0.1, 0.15) is 0 Å². The first-order valence-electron chi connectivity index (χ1n) is 17.7. The number of esters is 2. The van der Waals surface area contributed by atoms with Gasteiger partial charge in [-0.3, -0.25) is 9.59 Å². The van der Waals surface area contributed by atoms with Crippen molar-refractivity contribution in [2.45, 2.75) is 175 Å². The van der Waals surface area contributed by atoms with Crippen molar-refractivity contribution in [2.75, 3.05) is 13.2 Å². The van der Waals surface area contributed by atoms with Gasteiger partial charge in [0.15, 0.2) is 5.41 Å². The third kappa shape index (κ3) is 12.8. The van der Waals surface area contributed by atoms with E-state index in [9.17, 15) is 9.59 Å². The van der Waals surface area contributed by atoms with Crippen LogP contribution in [0.25, 0.3) is 0 Å². The van der Waals surface area contributed by atoms with E-state index in [0.29, 0.717) is 25.6 Å². The average Bonchev–Trinajstić information content (AvgIpc) is 2.94. The summed E-state index contributed by atoms with van der Waals surface area (Å²) in [7, 11) is 0. The van der Waals surface area contributed by atoms with Crippen molar-refractivity contribution >= 4 is 11.9 Å². The molecule has 0 heterocycles. The fourth-order valence-corrected chi connectivity index (χ4v) is 7.29. The fourth-order valence-electron chi connectivity index (χ4n) is 7.29. The first-order valence-corrected chi connectivity index (χ1v) is 17.7. The SMILES string of the molecule is CC(C)CCCCCCCCCOC(=O)C1(C(=O)OCCCCCCCCCC(C)C)CCCC2CCCCC21. The molecule has 2 atom stereocenters. The average molecular weight is 563 g/mol. The minimum Gasteiger partial charge on any atom is -0.465 e. The van der Waals surface area contributed by atoms with Crippen molar-refractivity contribution in [1.29, 1.82) is 0 Å². The van der Waals surface area contributed by atoms with Crippen LogP contribution in [0.15, 0.2) is 0 Å². The second-order valence-corrected chi connectivity index (χ2v) is 14.1. The third-order valence-electron chi connectivity index (χ3n) is 9.73. The van der Waals surface area contributed by atoms with Gasteiger partial charge in [-0.25, -0.2) is 0 Å². The van der Waals surface area contributed by atoms with E-state index in [1.807, 2.05) is 0 Å². The largest absolute Gasteiger partial charge is 0.465 e. The Morgan fingerprint density at radius 3 is 1.45 bits per heavy atom. The molecule has 2 rings (SSSR count). The van der Waals surface area contributed by atoms with E-state index in [-0.39, 0.29) is 17.9 Å². The van der Waals surface area contributed by atoms with Crippen molar-refractivity contribution in [1.82, 2.24) is 0 Å². The molecule has 4 nitrogen and oxygen atoms in total. The van der Waals surface area contributed by atoms with Crippen molar-refractivity contribution in [2.24, 2.45) is 29.1 Å². The highest BCUT2D eigenvalue weighted by Crippen LogP contribution is 2.52. The zero-order chi connectivity index (χ0) is 29.1. The third-order valence-corrected chi connectivity index (χ3v) is 9.73. The fraction of sp³-hybridized carbons (Fsp3) is 0.944. The van der Waals surface area contributed by atoms with E-state index >= 15 is 0 Å². The normalized spacial score (nSPS) is 20.4. The Labute approximate surface area is 248 Å². The van der Waals surface area contributed by atoms with Crippen LogP contribution >= 0.6 is 0 Å². The van der Waals surface area contributed by atoms with Crippen molar-refractivity contribution in [3.63, 3.8) is 0 Å². The number of hydrogen-bond acceptors (Lipinski definition) is 4. The number of unbranched alkanes of at least 4 members (excludes halogenated alkanes) is 12. The van der Waals surface area contributed by atoms with Crippen LogP contribution in [0.4, 0.5) is 0 Å². The van der Waals surface area contributed by atoms with Gasteiger partial charge in [-0.15, -0.1) is 0 Å². The highest BCUT2D eigenvalue weighted by atomic mass is 16.6. The van der Waals surface area contributed by atoms with Gasteiger partial charge in [0, 0.05) is 0 Å². The molecule has 0 aromatic carbocycles. The lowest BCUT2D eigenvalue weighted by molar-refractivity contribution is -0.184. The lowest BCUT2D eigenvalue weighted by Crippen LogP contribution is -2.53. The van der Waals surface area contributed by atoms with Gasteiger partial charge >= 0.3 is 11.9 Å². The van der Waals surface area contributed by atoms with Crippen molar-refractivity contribution < 1.29 is 19.1 Å². The molecule has 4 heteroatoms. The van der Waals surface area contributed by atoms with Crippen LogP contribution in [0.5, 0.6) is 0 Å². The summed E-state index contributed by atoms with van der Waals surface area (Å²) in [6, 6.07) is 0. The van der Waals surface area contributed by atoms with E-state index in [0.717, 1.165) is 69.6 Å². The van der Waals surface area contributed by atoms with Gasteiger partial charge in [-0.05, 0) is 49.4 Å². The van der Waals surface area contributed by atoms with Gasteiger partial charge in [0.25, 0.3) is 0 Å². The predicted octanol–water partition coefficient (Wildman–Crippen LogP) is 10.6. The molecule has 0 N–H and O–H groups in total. The maximum absolute atomic E-state index is 13.7. The number of carbonyl (C=O) groups excluding carboxylic acids is 2. The lowest BCUT2D eigenvalue weighted by Gasteiger charge is -2.46. The topological polar surface area (TPSA) is 52.6 Å². The Morgan fingerprint density at radius 2 is 0.975 bits per heavy atom. The molecule has 0 aromatic heterocycles. The second-order valence-electron chi connectivity index (χ2n) is 14.1. The molecule has 0 saturated heterocycles. The summed E-state index contributed by atoms with van der Waals surface area (Å²) < 4.78 is 11.8. The standard InChI is InChI=1S/C36H66O4/c1-30(2)22-15-11-7-5-9-13-19-28-39-34(37)36(27-21-25-32-24-17-18-26-33(32)36)35(38)40-29-20-14-10-6-8-12-16-23-31(3)4/h30-33H,5-29H2,1-4H3. The molecule has 2 aliphatic rings. The molecule has 0 aromatic rings. The first kappa shape index (κ1) is 35.1. The zero-order valence-electron chi connectivity index (χ0n) is 27.1. The summed E-state index contributed by atoms with van der Waals surface area (Å²) >= 11 is 0. The maximum Gasteiger partial charge on any atom is 0.323 e. The van der Waals surface area contributed by atoms with Crippen molar-refractivity contribution in [3.8, 4) is 0 Å². The maximum atomic E-state index is 13.7. The minimum atomic E-state index is -1.06. The molecule has 2 saturated carbocycles. The Morgan fingerprint density at radius 1 is 0.575 bits per heavy atom. The zero-order valence-corrected chi connectivity index (χ0v) is 27.1. The summed E-state index contributed by atoms with van der Waals surface area (Å²) in [5.74, 6) is 1.64. The van der Waals surface area contributed by atoms with Gasteiger partial charge in [0.2, 0.25) is 0 Å². The smallest absolute Gasteiger partial charge is 0.323 e. The molecule has 0 aliphatic heterocycles. The summed E-state index contributed by atoms with van der Waals surface area (Å²) in [4.78, 5) is 27.3. The van der Waals surface area contributed by atoms with Crippen LogP contribution in [-0.4, -0.2) is 25.2 Å². The van der Waals surface area contributed by atoms with Crippen LogP contribution in [0.2, 0.25) is 0 Å². The van der Waals surface area contributed by atoms with Crippen LogP contribution in [0.1, 0.15) is 175 Å². The molecule has 0 amide bonds. The number of ether oxygens (including phenoxy) is 2. The number of hydrogen-bond donors (Lipinski definition) is 0. The Balaban J connectivity index is 1.74. The monoisotopic (exact) mass is 562 g/mol. The summed E-state index contributed by atoms with van der Waals surface area (Å²) in [5.41, 5.74) is -1.06. The molecule has 2 unspecified atom stereocenters. The summed E-state index contributed by atoms with van der Waals surface area (Å²) in [6.45, 7) is 10.1.